The molecule has 0 fully saturated rings. The van der Waals surface area contributed by atoms with Crippen LogP contribution in [0.3, 0.4) is 0 Å². The number of aromatic nitrogens is 1. The molecule has 3 nitrogen and oxygen atoms in total. The van der Waals surface area contributed by atoms with Crippen molar-refractivity contribution in [3.63, 3.8) is 0 Å². The molecule has 0 radical (unpaired) electrons. The molecule has 0 aliphatic rings. The van der Waals surface area contributed by atoms with Crippen LogP contribution in [0.15, 0.2) is 34.8 Å². The van der Waals surface area contributed by atoms with Gasteiger partial charge in [0.05, 0.1) is 18.2 Å². The summed E-state index contributed by atoms with van der Waals surface area (Å²) in [4.78, 5) is 4.54. The van der Waals surface area contributed by atoms with Crippen LogP contribution < -0.4 is 5.32 Å². The third-order valence-corrected chi connectivity index (χ3v) is 3.38. The number of rotatable bonds is 4. The Bertz CT molecular complexity index is 512. The molecule has 0 bridgehead atoms. The summed E-state index contributed by atoms with van der Waals surface area (Å²) in [7, 11) is 0. The van der Waals surface area contributed by atoms with Crippen LogP contribution >= 0.6 is 15.9 Å². The smallest absolute Gasteiger partial charge is 0.126 e. The molecule has 0 saturated heterocycles. The average molecular weight is 295 g/mol. The van der Waals surface area contributed by atoms with Crippen molar-refractivity contribution in [1.29, 1.82) is 0 Å². The van der Waals surface area contributed by atoms with Gasteiger partial charge in [-0.3, -0.25) is 0 Å². The topological polar surface area (TPSA) is 45.1 Å². The minimum absolute atomic E-state index is 0.0578. The van der Waals surface area contributed by atoms with Crippen LogP contribution in [0.4, 0.5) is 5.82 Å². The van der Waals surface area contributed by atoms with Crippen LogP contribution in [0.1, 0.15) is 13.3 Å². The van der Waals surface area contributed by atoms with Crippen molar-refractivity contribution >= 4 is 32.7 Å². The Labute approximate surface area is 109 Å². The van der Waals surface area contributed by atoms with Crippen LogP contribution in [0, 0.1) is 0 Å². The number of nitrogens with one attached hydrogen (secondary N) is 1. The van der Waals surface area contributed by atoms with Crippen molar-refractivity contribution in [2.24, 2.45) is 0 Å². The van der Waals surface area contributed by atoms with E-state index in [1.165, 1.54) is 0 Å². The highest BCUT2D eigenvalue weighted by molar-refractivity contribution is 9.10. The summed E-state index contributed by atoms with van der Waals surface area (Å²) in [5.74, 6) is 0.797. The molecule has 0 aliphatic carbocycles. The van der Waals surface area contributed by atoms with Gasteiger partial charge in [0, 0.05) is 9.86 Å². The summed E-state index contributed by atoms with van der Waals surface area (Å²) in [6.07, 6.45) is 0.867. The van der Waals surface area contributed by atoms with Crippen molar-refractivity contribution in [2.45, 2.75) is 19.4 Å². The molecule has 1 aromatic heterocycles. The second-order valence-corrected chi connectivity index (χ2v) is 4.79. The zero-order valence-corrected chi connectivity index (χ0v) is 11.2. The molecule has 0 unspecified atom stereocenters. The summed E-state index contributed by atoms with van der Waals surface area (Å²) in [6, 6.07) is 10.0. The predicted octanol–water partition coefficient (Wildman–Crippen LogP) is 3.18. The number of para-hydroxylation sites is 1. The van der Waals surface area contributed by atoms with Gasteiger partial charge >= 0.3 is 0 Å². The maximum Gasteiger partial charge on any atom is 0.126 e. The van der Waals surface area contributed by atoms with Crippen LogP contribution in [-0.4, -0.2) is 22.7 Å². The highest BCUT2D eigenvalue weighted by Crippen LogP contribution is 2.23. The van der Waals surface area contributed by atoms with Gasteiger partial charge in [-0.1, -0.05) is 19.1 Å². The standard InChI is InChI=1S/C13H15BrN2O/c1-2-10(8-17)15-12-7-6-9-4-3-5-11(14)13(9)16-12/h3-7,10,17H,2,8H2,1H3,(H,15,16)/t10-/m1/s1. The van der Waals surface area contributed by atoms with Gasteiger partial charge in [0.2, 0.25) is 0 Å². The first-order valence-corrected chi connectivity index (χ1v) is 6.46. The lowest BCUT2D eigenvalue weighted by Crippen LogP contribution is -2.23. The second kappa shape index (κ2) is 5.47. The Balaban J connectivity index is 2.34. The lowest BCUT2D eigenvalue weighted by Gasteiger charge is -2.15. The average Bonchev–Trinajstić information content (AvgIpc) is 2.37. The van der Waals surface area contributed by atoms with E-state index >= 15 is 0 Å². The molecule has 0 spiro atoms. The van der Waals surface area contributed by atoms with E-state index < -0.39 is 0 Å². The first kappa shape index (κ1) is 12.3. The highest BCUT2D eigenvalue weighted by atomic mass is 79.9. The van der Waals surface area contributed by atoms with Crippen LogP contribution in [0.2, 0.25) is 0 Å². The Morgan fingerprint density at radius 3 is 2.88 bits per heavy atom. The number of fused-ring (bicyclic) bond motifs is 1. The van der Waals surface area contributed by atoms with E-state index in [-0.39, 0.29) is 12.6 Å². The van der Waals surface area contributed by atoms with E-state index in [0.717, 1.165) is 27.6 Å². The van der Waals surface area contributed by atoms with Gasteiger partial charge in [-0.05, 0) is 40.5 Å². The number of halogens is 1. The monoisotopic (exact) mass is 294 g/mol. The molecule has 0 aliphatic heterocycles. The van der Waals surface area contributed by atoms with Crippen molar-refractivity contribution in [3.8, 4) is 0 Å². The number of benzene rings is 1. The lowest BCUT2D eigenvalue weighted by atomic mass is 10.2. The summed E-state index contributed by atoms with van der Waals surface area (Å²) in [5, 5.41) is 13.5. The van der Waals surface area contributed by atoms with Crippen molar-refractivity contribution < 1.29 is 5.11 Å². The number of aliphatic hydroxyl groups is 1. The van der Waals surface area contributed by atoms with Gasteiger partial charge in [-0.25, -0.2) is 4.98 Å². The van der Waals surface area contributed by atoms with Crippen molar-refractivity contribution in [2.75, 3.05) is 11.9 Å². The van der Waals surface area contributed by atoms with Crippen LogP contribution in [0.25, 0.3) is 10.9 Å². The number of aliphatic hydroxyl groups excluding tert-OH is 1. The molecule has 90 valence electrons. The molecular formula is C13H15BrN2O. The fourth-order valence-corrected chi connectivity index (χ4v) is 2.15. The van der Waals surface area contributed by atoms with Gasteiger partial charge in [-0.2, -0.15) is 0 Å². The van der Waals surface area contributed by atoms with Gasteiger partial charge in [-0.15, -0.1) is 0 Å². The van der Waals surface area contributed by atoms with Gasteiger partial charge in [0.15, 0.2) is 0 Å². The third kappa shape index (κ3) is 2.76. The van der Waals surface area contributed by atoms with Crippen LogP contribution in [0.5, 0.6) is 0 Å². The summed E-state index contributed by atoms with van der Waals surface area (Å²) >= 11 is 3.49. The normalized spacial score (nSPS) is 12.6. The Kier molecular flexibility index (Phi) is 3.97. The molecule has 1 atom stereocenters. The highest BCUT2D eigenvalue weighted by Gasteiger charge is 2.06. The van der Waals surface area contributed by atoms with Gasteiger partial charge < -0.3 is 10.4 Å². The maximum absolute atomic E-state index is 9.16. The van der Waals surface area contributed by atoms with Crippen molar-refractivity contribution in [1.82, 2.24) is 4.98 Å². The molecule has 0 amide bonds. The number of anilines is 1. The van der Waals surface area contributed by atoms with Crippen molar-refractivity contribution in [3.05, 3.63) is 34.8 Å². The van der Waals surface area contributed by atoms with E-state index in [1.807, 2.05) is 37.3 Å². The molecular weight excluding hydrogens is 280 g/mol. The van der Waals surface area contributed by atoms with Crippen LogP contribution in [-0.2, 0) is 0 Å². The molecule has 2 N–H and O–H groups in total. The van der Waals surface area contributed by atoms with Gasteiger partial charge in [0.25, 0.3) is 0 Å². The van der Waals surface area contributed by atoms with Gasteiger partial charge in [0.1, 0.15) is 5.82 Å². The predicted molar refractivity (Wildman–Crippen MR) is 74.2 cm³/mol. The minimum Gasteiger partial charge on any atom is -0.394 e. The number of pyridine rings is 1. The minimum atomic E-state index is 0.0578. The molecule has 2 aromatic rings. The van der Waals surface area contributed by atoms with E-state index in [2.05, 4.69) is 26.2 Å². The third-order valence-electron chi connectivity index (χ3n) is 2.74. The number of nitrogens with zero attached hydrogens (tertiary/aromatic N) is 1. The molecule has 1 aromatic carbocycles. The number of hydrogen-bond acceptors (Lipinski definition) is 3. The SMILES string of the molecule is CC[C@H](CO)Nc1ccc2cccc(Br)c2n1. The van der Waals surface area contributed by atoms with E-state index in [0.29, 0.717) is 0 Å². The second-order valence-electron chi connectivity index (χ2n) is 3.94. The number of hydrogen-bond donors (Lipinski definition) is 2. The summed E-state index contributed by atoms with van der Waals surface area (Å²) < 4.78 is 0.982. The van der Waals surface area contributed by atoms with E-state index in [1.54, 1.807) is 0 Å². The fourth-order valence-electron chi connectivity index (χ4n) is 1.68. The first-order chi connectivity index (χ1) is 8.24. The molecule has 1 heterocycles. The van der Waals surface area contributed by atoms with E-state index in [4.69, 9.17) is 5.11 Å². The maximum atomic E-state index is 9.16. The Morgan fingerprint density at radius 2 is 2.18 bits per heavy atom. The first-order valence-electron chi connectivity index (χ1n) is 5.67. The lowest BCUT2D eigenvalue weighted by molar-refractivity contribution is 0.271. The van der Waals surface area contributed by atoms with E-state index in [9.17, 15) is 0 Å². The quantitative estimate of drug-likeness (QED) is 0.910. The molecule has 4 heteroatoms. The Hall–Kier alpha value is -1.13. The molecule has 0 saturated carbocycles. The summed E-state index contributed by atoms with van der Waals surface area (Å²) in [6.45, 7) is 2.15. The largest absolute Gasteiger partial charge is 0.394 e. The zero-order valence-electron chi connectivity index (χ0n) is 9.65. The molecule has 17 heavy (non-hydrogen) atoms. The summed E-state index contributed by atoms with van der Waals surface area (Å²) in [5.41, 5.74) is 0.935. The molecule has 2 rings (SSSR count). The fraction of sp³-hybridized carbons (Fsp3) is 0.308. The zero-order chi connectivity index (χ0) is 12.3. The Morgan fingerprint density at radius 1 is 1.35 bits per heavy atom.